The SMILES string of the molecule is BC1CC(C(C)=O)C(/N=C(\N)C2CCN(C3C=C3)CC2)[C@H](F)C1. The van der Waals surface area contributed by atoms with E-state index in [4.69, 9.17) is 5.73 Å². The van der Waals surface area contributed by atoms with Crippen molar-refractivity contribution in [2.45, 2.75) is 56.7 Å². The van der Waals surface area contributed by atoms with Gasteiger partial charge in [0.25, 0.3) is 0 Å². The van der Waals surface area contributed by atoms with Crippen molar-refractivity contribution in [3.05, 3.63) is 12.2 Å². The average Bonchev–Trinajstić information content (AvgIpc) is 3.34. The number of Topliss-reactive ketones (excluding diaryl/α,β-unsaturated/α-hetero) is 1. The van der Waals surface area contributed by atoms with Gasteiger partial charge in [-0.2, -0.15) is 0 Å². The van der Waals surface area contributed by atoms with Crippen LogP contribution >= 0.6 is 0 Å². The summed E-state index contributed by atoms with van der Waals surface area (Å²) in [4.78, 5) is 18.9. The number of aliphatic imine (C=N–C) groups is 1. The fourth-order valence-corrected chi connectivity index (χ4v) is 4.09. The molecule has 1 saturated heterocycles. The van der Waals surface area contributed by atoms with E-state index >= 15 is 0 Å². The van der Waals surface area contributed by atoms with Crippen LogP contribution in [0.4, 0.5) is 4.39 Å². The van der Waals surface area contributed by atoms with Crippen LogP contribution in [0.2, 0.25) is 5.82 Å². The van der Waals surface area contributed by atoms with Gasteiger partial charge < -0.3 is 5.73 Å². The molecule has 0 amide bonds. The fourth-order valence-electron chi connectivity index (χ4n) is 4.09. The number of likely N-dealkylation sites (tertiary alicyclic amines) is 1. The lowest BCUT2D eigenvalue weighted by Gasteiger charge is -2.36. The Kier molecular flexibility index (Phi) is 4.90. The van der Waals surface area contributed by atoms with Crippen molar-refractivity contribution in [1.82, 2.24) is 4.90 Å². The molecule has 4 atom stereocenters. The van der Waals surface area contributed by atoms with Crippen LogP contribution in [0.25, 0.3) is 0 Å². The van der Waals surface area contributed by atoms with Crippen LogP contribution < -0.4 is 5.73 Å². The maximum Gasteiger partial charge on any atom is 0.135 e. The monoisotopic (exact) mass is 319 g/mol. The number of hydrogen-bond donors (Lipinski definition) is 1. The maximum atomic E-state index is 14.5. The van der Waals surface area contributed by atoms with E-state index in [2.05, 4.69) is 22.0 Å². The normalized spacial score (nSPS) is 37.0. The van der Waals surface area contributed by atoms with Gasteiger partial charge in [-0.1, -0.05) is 18.0 Å². The van der Waals surface area contributed by atoms with Crippen LogP contribution in [0.5, 0.6) is 0 Å². The Morgan fingerprint density at radius 1 is 1.30 bits per heavy atom. The van der Waals surface area contributed by atoms with Gasteiger partial charge >= 0.3 is 0 Å². The minimum absolute atomic E-state index is 0.0374. The van der Waals surface area contributed by atoms with Crippen LogP contribution in [0.15, 0.2) is 17.1 Å². The summed E-state index contributed by atoms with van der Waals surface area (Å²) in [6.45, 7) is 3.57. The Morgan fingerprint density at radius 2 is 1.96 bits per heavy atom. The molecule has 3 rings (SSSR count). The molecular formula is C17H27BFN3O. The smallest absolute Gasteiger partial charge is 0.135 e. The van der Waals surface area contributed by atoms with Gasteiger partial charge in [0.05, 0.1) is 11.9 Å². The Bertz CT molecular complexity index is 510. The van der Waals surface area contributed by atoms with E-state index in [0.717, 1.165) is 32.4 Å². The second kappa shape index (κ2) is 6.75. The molecule has 23 heavy (non-hydrogen) atoms. The number of piperidine rings is 1. The zero-order chi connectivity index (χ0) is 16.6. The van der Waals surface area contributed by atoms with Crippen LogP contribution in [0.3, 0.4) is 0 Å². The molecule has 126 valence electrons. The van der Waals surface area contributed by atoms with Gasteiger partial charge in [0.2, 0.25) is 0 Å². The molecule has 3 aliphatic rings. The van der Waals surface area contributed by atoms with E-state index in [9.17, 15) is 9.18 Å². The Morgan fingerprint density at radius 3 is 2.52 bits per heavy atom. The highest BCUT2D eigenvalue weighted by Crippen LogP contribution is 2.36. The number of halogens is 1. The topological polar surface area (TPSA) is 58.7 Å². The van der Waals surface area contributed by atoms with Gasteiger partial charge in [-0.25, -0.2) is 4.39 Å². The van der Waals surface area contributed by atoms with E-state index in [0.29, 0.717) is 18.3 Å². The molecule has 0 aromatic rings. The summed E-state index contributed by atoms with van der Waals surface area (Å²) in [5.41, 5.74) is 6.21. The number of nitrogens with zero attached hydrogens (tertiary/aromatic N) is 2. The quantitative estimate of drug-likeness (QED) is 0.366. The molecule has 4 nitrogen and oxygen atoms in total. The minimum atomic E-state index is -1.05. The predicted molar refractivity (Wildman–Crippen MR) is 93.2 cm³/mol. The van der Waals surface area contributed by atoms with E-state index in [1.165, 1.54) is 0 Å². The van der Waals surface area contributed by atoms with E-state index in [1.807, 2.05) is 7.85 Å². The second-order valence-electron chi connectivity index (χ2n) is 7.54. The van der Waals surface area contributed by atoms with Crippen molar-refractivity contribution in [3.63, 3.8) is 0 Å². The molecule has 2 N–H and O–H groups in total. The van der Waals surface area contributed by atoms with Gasteiger partial charge in [-0.15, -0.1) is 0 Å². The zero-order valence-corrected chi connectivity index (χ0v) is 14.1. The number of carbonyl (C=O) groups is 1. The summed E-state index contributed by atoms with van der Waals surface area (Å²) in [7, 11) is 2.01. The molecule has 0 aromatic heterocycles. The maximum absolute atomic E-state index is 14.5. The first-order valence-corrected chi connectivity index (χ1v) is 8.85. The van der Waals surface area contributed by atoms with Crippen LogP contribution in [0.1, 0.15) is 32.6 Å². The molecule has 0 spiro atoms. The van der Waals surface area contributed by atoms with Crippen LogP contribution in [-0.4, -0.2) is 55.7 Å². The molecule has 1 heterocycles. The highest BCUT2D eigenvalue weighted by molar-refractivity contribution is 6.12. The first-order valence-electron chi connectivity index (χ1n) is 8.85. The highest BCUT2D eigenvalue weighted by Gasteiger charge is 2.39. The predicted octanol–water partition coefficient (Wildman–Crippen LogP) is 1.12. The largest absolute Gasteiger partial charge is 0.387 e. The van der Waals surface area contributed by atoms with Crippen LogP contribution in [0, 0.1) is 11.8 Å². The third-order valence-electron chi connectivity index (χ3n) is 5.62. The summed E-state index contributed by atoms with van der Waals surface area (Å²) >= 11 is 0. The van der Waals surface area contributed by atoms with Crippen molar-refractivity contribution in [1.29, 1.82) is 0 Å². The zero-order valence-electron chi connectivity index (χ0n) is 14.1. The Balaban J connectivity index is 1.64. The van der Waals surface area contributed by atoms with E-state index < -0.39 is 12.2 Å². The average molecular weight is 319 g/mol. The van der Waals surface area contributed by atoms with Gasteiger partial charge in [0.1, 0.15) is 19.8 Å². The summed E-state index contributed by atoms with van der Waals surface area (Å²) in [5, 5.41) is 0. The molecule has 0 radical (unpaired) electrons. The summed E-state index contributed by atoms with van der Waals surface area (Å²) < 4.78 is 14.5. The lowest BCUT2D eigenvalue weighted by Crippen LogP contribution is -2.43. The van der Waals surface area contributed by atoms with E-state index in [-0.39, 0.29) is 23.4 Å². The van der Waals surface area contributed by atoms with Gasteiger partial charge in [-0.3, -0.25) is 14.7 Å². The minimum Gasteiger partial charge on any atom is -0.387 e. The summed E-state index contributed by atoms with van der Waals surface area (Å²) in [6.07, 6.45) is 6.50. The van der Waals surface area contributed by atoms with Gasteiger partial charge in [0, 0.05) is 17.9 Å². The number of rotatable bonds is 4. The molecule has 0 bridgehead atoms. The third kappa shape index (κ3) is 3.85. The summed E-state index contributed by atoms with van der Waals surface area (Å²) in [5.74, 6) is 0.741. The first-order chi connectivity index (χ1) is 11.0. The second-order valence-corrected chi connectivity index (χ2v) is 7.54. The van der Waals surface area contributed by atoms with Crippen LogP contribution in [-0.2, 0) is 4.79 Å². The first kappa shape index (κ1) is 16.7. The van der Waals surface area contributed by atoms with Crippen molar-refractivity contribution in [2.24, 2.45) is 22.6 Å². The molecule has 6 heteroatoms. The number of hydrogen-bond acceptors (Lipinski definition) is 3. The summed E-state index contributed by atoms with van der Waals surface area (Å²) in [6, 6.07) is -0.0295. The standard InChI is InChI=1S/C17H27BFN3O/c1-10(23)14-8-12(18)9-15(19)16(14)21-17(20)11-4-6-22(7-5-11)13-2-3-13/h2-3,11-16H,4-9,18H2,1H3,(H2,20,21)/t12?,14?,15-,16?/m1/s1. The fraction of sp³-hybridized carbons (Fsp3) is 0.765. The highest BCUT2D eigenvalue weighted by atomic mass is 19.1. The number of amidine groups is 1. The molecule has 3 unspecified atom stereocenters. The molecule has 2 aliphatic carbocycles. The molecule has 1 saturated carbocycles. The number of alkyl halides is 1. The molecule has 2 fully saturated rings. The molecule has 0 aromatic carbocycles. The van der Waals surface area contributed by atoms with Gasteiger partial charge in [-0.05, 0) is 45.7 Å². The van der Waals surface area contributed by atoms with Crippen molar-refractivity contribution in [3.8, 4) is 0 Å². The van der Waals surface area contributed by atoms with Crippen molar-refractivity contribution >= 4 is 19.5 Å². The third-order valence-corrected chi connectivity index (χ3v) is 5.62. The molecule has 1 aliphatic heterocycles. The Hall–Kier alpha value is -1.17. The number of ketones is 1. The number of nitrogens with two attached hydrogens (primary N) is 1. The van der Waals surface area contributed by atoms with E-state index in [1.54, 1.807) is 6.92 Å². The van der Waals surface area contributed by atoms with Crippen molar-refractivity contribution < 1.29 is 9.18 Å². The Labute approximate surface area is 138 Å². The molecular weight excluding hydrogens is 292 g/mol. The lowest BCUT2D eigenvalue weighted by atomic mass is 9.67. The van der Waals surface area contributed by atoms with Gasteiger partial charge in [0.15, 0.2) is 0 Å². The van der Waals surface area contributed by atoms with Crippen molar-refractivity contribution in [2.75, 3.05) is 13.1 Å². The lowest BCUT2D eigenvalue weighted by molar-refractivity contribution is -0.122. The number of carbonyl (C=O) groups excluding carboxylic acids is 1.